The van der Waals surface area contributed by atoms with Gasteiger partial charge in [-0.05, 0) is 35.9 Å². The van der Waals surface area contributed by atoms with Gasteiger partial charge in [-0.2, -0.15) is 0 Å². The highest BCUT2D eigenvalue weighted by Gasteiger charge is 2.02. The largest absolute Gasteiger partial charge is 0.399 e. The molecule has 0 radical (unpaired) electrons. The first-order valence-corrected chi connectivity index (χ1v) is 4.98. The average Bonchev–Trinajstić information content (AvgIpc) is 2.50. The fourth-order valence-electron chi connectivity index (χ4n) is 1.33. The average molecular weight is 205 g/mol. The lowest BCUT2D eigenvalue weighted by Crippen LogP contribution is -1.90. The first kappa shape index (κ1) is 8.90. The zero-order valence-corrected chi connectivity index (χ0v) is 8.34. The van der Waals surface area contributed by atoms with Gasteiger partial charge in [0, 0.05) is 16.3 Å². The van der Waals surface area contributed by atoms with Crippen LogP contribution in [0.2, 0.25) is 0 Å². The highest BCUT2D eigenvalue weighted by molar-refractivity contribution is 7.19. The Bertz CT molecular complexity index is 442. The summed E-state index contributed by atoms with van der Waals surface area (Å²) in [7, 11) is 0. The second-order valence-corrected chi connectivity index (χ2v) is 4.21. The van der Waals surface area contributed by atoms with Crippen LogP contribution in [0.25, 0.3) is 10.4 Å². The number of anilines is 3. The van der Waals surface area contributed by atoms with Crippen LogP contribution in [-0.2, 0) is 0 Å². The molecule has 6 N–H and O–H groups in total. The van der Waals surface area contributed by atoms with Crippen LogP contribution in [-0.4, -0.2) is 0 Å². The third kappa shape index (κ3) is 1.65. The Hall–Kier alpha value is -1.68. The van der Waals surface area contributed by atoms with Crippen molar-refractivity contribution in [1.29, 1.82) is 0 Å². The quantitative estimate of drug-likeness (QED) is 0.624. The molecule has 4 heteroatoms. The molecule has 0 unspecified atom stereocenters. The van der Waals surface area contributed by atoms with Gasteiger partial charge in [0.15, 0.2) is 0 Å². The van der Waals surface area contributed by atoms with Gasteiger partial charge in [-0.25, -0.2) is 0 Å². The molecule has 2 aromatic rings. The standard InChI is InChI=1S/C10H11N3S/c11-7-3-6(4-8(12)5-7)9-1-2-10(13)14-9/h1-5H,11-13H2. The van der Waals surface area contributed by atoms with Gasteiger partial charge in [0.2, 0.25) is 0 Å². The molecule has 0 saturated carbocycles. The van der Waals surface area contributed by atoms with E-state index in [0.717, 1.165) is 15.4 Å². The second-order valence-electron chi connectivity index (χ2n) is 3.09. The van der Waals surface area contributed by atoms with Crippen LogP contribution in [0.15, 0.2) is 30.3 Å². The number of rotatable bonds is 1. The maximum Gasteiger partial charge on any atom is 0.0862 e. The zero-order valence-electron chi connectivity index (χ0n) is 7.53. The van der Waals surface area contributed by atoms with Crippen molar-refractivity contribution in [2.24, 2.45) is 0 Å². The molecule has 0 amide bonds. The van der Waals surface area contributed by atoms with Crippen LogP contribution in [0.5, 0.6) is 0 Å². The molecule has 1 aromatic carbocycles. The van der Waals surface area contributed by atoms with Crippen molar-refractivity contribution in [2.45, 2.75) is 0 Å². The summed E-state index contributed by atoms with van der Waals surface area (Å²) in [6.45, 7) is 0. The minimum atomic E-state index is 0.673. The molecule has 3 nitrogen and oxygen atoms in total. The number of hydrogen-bond donors (Lipinski definition) is 3. The van der Waals surface area contributed by atoms with Crippen LogP contribution in [0.3, 0.4) is 0 Å². The topological polar surface area (TPSA) is 78.1 Å². The third-order valence-electron chi connectivity index (χ3n) is 1.89. The number of hydrogen-bond acceptors (Lipinski definition) is 4. The molecule has 0 aliphatic carbocycles. The van der Waals surface area contributed by atoms with E-state index in [1.807, 2.05) is 24.3 Å². The Labute approximate surface area is 86.1 Å². The van der Waals surface area contributed by atoms with Crippen molar-refractivity contribution < 1.29 is 0 Å². The summed E-state index contributed by atoms with van der Waals surface area (Å²) >= 11 is 1.52. The summed E-state index contributed by atoms with van der Waals surface area (Å²) in [5.41, 5.74) is 19.4. The van der Waals surface area contributed by atoms with Gasteiger partial charge >= 0.3 is 0 Å². The molecular formula is C10H11N3S. The number of thiophene rings is 1. The second kappa shape index (κ2) is 3.23. The number of nitrogen functional groups attached to an aromatic ring is 3. The zero-order chi connectivity index (χ0) is 10.1. The predicted molar refractivity (Wildman–Crippen MR) is 63.0 cm³/mol. The molecule has 72 valence electrons. The molecule has 0 saturated heterocycles. The van der Waals surface area contributed by atoms with Gasteiger partial charge in [-0.1, -0.05) is 0 Å². The lowest BCUT2D eigenvalue weighted by atomic mass is 10.1. The summed E-state index contributed by atoms with van der Waals surface area (Å²) < 4.78 is 0. The lowest BCUT2D eigenvalue weighted by molar-refractivity contribution is 1.66. The number of benzene rings is 1. The molecule has 0 aliphatic rings. The van der Waals surface area contributed by atoms with Crippen molar-refractivity contribution >= 4 is 27.7 Å². The molecule has 0 aliphatic heterocycles. The molecule has 0 atom stereocenters. The van der Waals surface area contributed by atoms with Crippen molar-refractivity contribution in [2.75, 3.05) is 17.2 Å². The van der Waals surface area contributed by atoms with E-state index in [9.17, 15) is 0 Å². The highest BCUT2D eigenvalue weighted by Crippen LogP contribution is 2.31. The fourth-order valence-corrected chi connectivity index (χ4v) is 2.09. The Morgan fingerprint density at radius 3 is 2.00 bits per heavy atom. The maximum atomic E-state index is 5.70. The van der Waals surface area contributed by atoms with Gasteiger partial charge in [-0.3, -0.25) is 0 Å². The third-order valence-corrected chi connectivity index (χ3v) is 2.85. The van der Waals surface area contributed by atoms with E-state index in [1.165, 1.54) is 11.3 Å². The van der Waals surface area contributed by atoms with Gasteiger partial charge in [0.25, 0.3) is 0 Å². The van der Waals surface area contributed by atoms with Crippen molar-refractivity contribution in [1.82, 2.24) is 0 Å². The highest BCUT2D eigenvalue weighted by atomic mass is 32.1. The molecule has 14 heavy (non-hydrogen) atoms. The Morgan fingerprint density at radius 1 is 0.857 bits per heavy atom. The van der Waals surface area contributed by atoms with E-state index >= 15 is 0 Å². The summed E-state index contributed by atoms with van der Waals surface area (Å²) in [6, 6.07) is 9.36. The summed E-state index contributed by atoms with van der Waals surface area (Å²) in [6.07, 6.45) is 0. The van der Waals surface area contributed by atoms with Crippen LogP contribution >= 0.6 is 11.3 Å². The fraction of sp³-hybridized carbons (Fsp3) is 0. The van der Waals surface area contributed by atoms with E-state index in [2.05, 4.69) is 0 Å². The number of nitrogens with two attached hydrogens (primary N) is 3. The molecular weight excluding hydrogens is 194 g/mol. The van der Waals surface area contributed by atoms with E-state index in [1.54, 1.807) is 6.07 Å². The van der Waals surface area contributed by atoms with E-state index in [4.69, 9.17) is 17.2 Å². The van der Waals surface area contributed by atoms with E-state index < -0.39 is 0 Å². The van der Waals surface area contributed by atoms with Gasteiger partial charge in [0.05, 0.1) is 5.00 Å². The van der Waals surface area contributed by atoms with E-state index in [-0.39, 0.29) is 0 Å². The van der Waals surface area contributed by atoms with Gasteiger partial charge < -0.3 is 17.2 Å². The van der Waals surface area contributed by atoms with Crippen LogP contribution < -0.4 is 17.2 Å². The smallest absolute Gasteiger partial charge is 0.0862 e. The molecule has 1 heterocycles. The monoisotopic (exact) mass is 205 g/mol. The minimum absolute atomic E-state index is 0.673. The summed E-state index contributed by atoms with van der Waals surface area (Å²) in [5.74, 6) is 0. The maximum absolute atomic E-state index is 5.70. The van der Waals surface area contributed by atoms with Crippen LogP contribution in [0, 0.1) is 0 Å². The minimum Gasteiger partial charge on any atom is -0.399 e. The first-order chi connectivity index (χ1) is 6.65. The normalized spacial score (nSPS) is 10.3. The van der Waals surface area contributed by atoms with Crippen molar-refractivity contribution in [3.05, 3.63) is 30.3 Å². The van der Waals surface area contributed by atoms with Crippen LogP contribution in [0.1, 0.15) is 0 Å². The molecule has 0 fully saturated rings. The van der Waals surface area contributed by atoms with Crippen molar-refractivity contribution in [3.8, 4) is 10.4 Å². The van der Waals surface area contributed by atoms with Gasteiger partial charge in [-0.15, -0.1) is 11.3 Å². The molecule has 0 bridgehead atoms. The SMILES string of the molecule is Nc1cc(N)cc(-c2ccc(N)s2)c1. The first-order valence-electron chi connectivity index (χ1n) is 4.17. The molecule has 2 rings (SSSR count). The van der Waals surface area contributed by atoms with Crippen LogP contribution in [0.4, 0.5) is 16.4 Å². The molecule has 0 spiro atoms. The summed E-state index contributed by atoms with van der Waals surface area (Å²) in [5, 5.41) is 0.793. The van der Waals surface area contributed by atoms with Crippen molar-refractivity contribution in [3.63, 3.8) is 0 Å². The Morgan fingerprint density at radius 2 is 1.50 bits per heavy atom. The van der Waals surface area contributed by atoms with Gasteiger partial charge in [0.1, 0.15) is 0 Å². The lowest BCUT2D eigenvalue weighted by Gasteiger charge is -2.01. The Kier molecular flexibility index (Phi) is 2.05. The molecule has 1 aromatic heterocycles. The Balaban J connectivity index is 2.51. The van der Waals surface area contributed by atoms with E-state index in [0.29, 0.717) is 11.4 Å². The predicted octanol–water partition coefficient (Wildman–Crippen LogP) is 2.16. The summed E-state index contributed by atoms with van der Waals surface area (Å²) in [4.78, 5) is 1.08.